The second-order valence-corrected chi connectivity index (χ2v) is 3.15. The first-order valence-corrected chi connectivity index (χ1v) is 4.36. The highest BCUT2D eigenvalue weighted by molar-refractivity contribution is 5.72. The summed E-state index contributed by atoms with van der Waals surface area (Å²) in [6, 6.07) is 0. The van der Waals surface area contributed by atoms with Crippen LogP contribution in [0.15, 0.2) is 27.2 Å². The van der Waals surface area contributed by atoms with Crippen LogP contribution in [0.25, 0.3) is 0 Å². The molecule has 0 bridgehead atoms. The quantitative estimate of drug-likeness (QED) is 0.633. The lowest BCUT2D eigenvalue weighted by molar-refractivity contribution is 0.613. The van der Waals surface area contributed by atoms with E-state index >= 15 is 0 Å². The number of rotatable bonds is 1. The second-order valence-electron chi connectivity index (χ2n) is 3.15. The molecule has 12 heavy (non-hydrogen) atoms. The van der Waals surface area contributed by atoms with E-state index in [0.29, 0.717) is 5.92 Å². The molecule has 0 radical (unpaired) electrons. The second kappa shape index (κ2) is 3.47. The van der Waals surface area contributed by atoms with E-state index in [9.17, 15) is 0 Å². The van der Waals surface area contributed by atoms with Crippen LogP contribution in [0.5, 0.6) is 0 Å². The lowest BCUT2D eigenvalue weighted by Crippen LogP contribution is -1.95. The zero-order valence-corrected chi connectivity index (χ0v) is 6.90. The molecule has 64 valence electrons. The third-order valence-electron chi connectivity index (χ3n) is 2.36. The summed E-state index contributed by atoms with van der Waals surface area (Å²) in [5.41, 5.74) is 3.55. The van der Waals surface area contributed by atoms with Crippen LogP contribution >= 0.6 is 0 Å². The van der Waals surface area contributed by atoms with E-state index in [2.05, 4.69) is 21.0 Å². The highest BCUT2D eigenvalue weighted by Crippen LogP contribution is 2.31. The van der Waals surface area contributed by atoms with Crippen LogP contribution in [0.3, 0.4) is 0 Å². The fourth-order valence-electron chi connectivity index (χ4n) is 1.73. The largest absolute Gasteiger partial charge is 0.179 e. The molecule has 0 saturated heterocycles. The van der Waals surface area contributed by atoms with Crippen LogP contribution in [-0.2, 0) is 0 Å². The van der Waals surface area contributed by atoms with Crippen molar-refractivity contribution >= 4 is 6.21 Å². The van der Waals surface area contributed by atoms with Gasteiger partial charge in [-0.15, -0.1) is 5.11 Å². The molecule has 1 aliphatic heterocycles. The molecule has 0 aromatic heterocycles. The molecule has 0 aromatic rings. The van der Waals surface area contributed by atoms with Crippen LogP contribution in [0.4, 0.5) is 0 Å². The third-order valence-corrected chi connectivity index (χ3v) is 2.36. The fraction of sp³-hybridized carbons (Fsp3) is 0.625. The van der Waals surface area contributed by atoms with Crippen molar-refractivity contribution in [1.82, 2.24) is 5.53 Å². The number of allylic oxidation sites excluding steroid dienone is 2. The smallest absolute Gasteiger partial charge is 0.0695 e. The van der Waals surface area contributed by atoms with Crippen molar-refractivity contribution < 1.29 is 0 Å². The molecule has 2 rings (SSSR count). The molecule has 1 aliphatic carbocycles. The van der Waals surface area contributed by atoms with Crippen molar-refractivity contribution in [2.24, 2.45) is 21.4 Å². The molecule has 1 saturated carbocycles. The molecule has 2 aliphatic rings. The predicted octanol–water partition coefficient (Wildman–Crippen LogP) is 2.02. The van der Waals surface area contributed by atoms with Gasteiger partial charge < -0.3 is 0 Å². The van der Waals surface area contributed by atoms with Crippen molar-refractivity contribution in [1.29, 1.82) is 0 Å². The van der Waals surface area contributed by atoms with Gasteiger partial charge in [0, 0.05) is 5.92 Å². The molecular weight excluding hydrogens is 152 g/mol. The molecule has 0 spiro atoms. The summed E-state index contributed by atoms with van der Waals surface area (Å²) < 4.78 is 0. The standard InChI is InChI=1S/C8H12N4/c1-2-4-7(3-1)8-5-6-9-11-12-10-8/h5-7H,1-4H2,(H,10,11). The maximum atomic E-state index is 4.06. The Labute approximate surface area is 71.4 Å². The Hall–Kier alpha value is -1.19. The Kier molecular flexibility index (Phi) is 2.16. The van der Waals surface area contributed by atoms with Gasteiger partial charge in [-0.2, -0.15) is 10.6 Å². The summed E-state index contributed by atoms with van der Waals surface area (Å²) >= 11 is 0. The van der Waals surface area contributed by atoms with Gasteiger partial charge in [0.2, 0.25) is 0 Å². The first-order valence-electron chi connectivity index (χ1n) is 4.36. The van der Waals surface area contributed by atoms with Gasteiger partial charge >= 0.3 is 0 Å². The summed E-state index contributed by atoms with van der Waals surface area (Å²) in [5, 5.41) is 11.5. The van der Waals surface area contributed by atoms with Crippen molar-refractivity contribution in [3.05, 3.63) is 11.8 Å². The van der Waals surface area contributed by atoms with Crippen molar-refractivity contribution in [3.63, 3.8) is 0 Å². The molecule has 0 aromatic carbocycles. The zero-order valence-electron chi connectivity index (χ0n) is 6.90. The van der Waals surface area contributed by atoms with Crippen molar-refractivity contribution in [2.75, 3.05) is 0 Å². The molecule has 0 amide bonds. The molecule has 1 fully saturated rings. The van der Waals surface area contributed by atoms with Crippen molar-refractivity contribution in [2.45, 2.75) is 25.7 Å². The Morgan fingerprint density at radius 2 is 2.17 bits per heavy atom. The summed E-state index contributed by atoms with van der Waals surface area (Å²) in [4.78, 5) is 0. The van der Waals surface area contributed by atoms with Crippen LogP contribution in [0, 0.1) is 5.92 Å². The predicted molar refractivity (Wildman–Crippen MR) is 46.5 cm³/mol. The van der Waals surface area contributed by atoms with Gasteiger partial charge in [-0.25, -0.2) is 0 Å². The molecule has 1 N–H and O–H groups in total. The highest BCUT2D eigenvalue weighted by atomic mass is 15.6. The Morgan fingerprint density at radius 3 is 3.00 bits per heavy atom. The zero-order chi connectivity index (χ0) is 8.23. The topological polar surface area (TPSA) is 49.1 Å². The highest BCUT2D eigenvalue weighted by Gasteiger charge is 2.19. The summed E-state index contributed by atoms with van der Waals surface area (Å²) in [7, 11) is 0. The minimum atomic E-state index is 0.611. The number of nitrogens with one attached hydrogen (secondary N) is 1. The lowest BCUT2D eigenvalue weighted by atomic mass is 10.0. The van der Waals surface area contributed by atoms with E-state index in [1.807, 2.05) is 6.08 Å². The van der Waals surface area contributed by atoms with Crippen LogP contribution in [0.1, 0.15) is 25.7 Å². The summed E-state index contributed by atoms with van der Waals surface area (Å²) in [5.74, 6) is 0.611. The van der Waals surface area contributed by atoms with Gasteiger partial charge in [0.25, 0.3) is 0 Å². The van der Waals surface area contributed by atoms with E-state index in [4.69, 9.17) is 0 Å². The lowest BCUT2D eigenvalue weighted by Gasteiger charge is -2.05. The van der Waals surface area contributed by atoms with Gasteiger partial charge in [0.05, 0.1) is 11.9 Å². The first-order chi connectivity index (χ1) is 5.97. The molecule has 0 atom stereocenters. The van der Waals surface area contributed by atoms with E-state index in [1.54, 1.807) is 6.21 Å². The number of hydrogen-bond acceptors (Lipinski definition) is 4. The maximum absolute atomic E-state index is 4.06. The van der Waals surface area contributed by atoms with Crippen molar-refractivity contribution in [3.8, 4) is 0 Å². The van der Waals surface area contributed by atoms with Gasteiger partial charge in [-0.05, 0) is 18.9 Å². The first kappa shape index (κ1) is 7.46. The minimum absolute atomic E-state index is 0.611. The number of nitrogens with zero attached hydrogens (tertiary/aromatic N) is 3. The minimum Gasteiger partial charge on any atom is -0.179 e. The third kappa shape index (κ3) is 1.52. The average Bonchev–Trinajstić information content (AvgIpc) is 2.48. The molecular formula is C8H12N4. The van der Waals surface area contributed by atoms with Crippen LogP contribution in [-0.4, -0.2) is 6.21 Å². The Morgan fingerprint density at radius 1 is 1.33 bits per heavy atom. The van der Waals surface area contributed by atoms with Gasteiger partial charge in [-0.3, -0.25) is 0 Å². The molecule has 4 nitrogen and oxygen atoms in total. The van der Waals surface area contributed by atoms with E-state index < -0.39 is 0 Å². The Bertz CT molecular complexity index is 235. The number of hydrogen-bond donors (Lipinski definition) is 1. The SMILES string of the molecule is C1=NNN=NC(C2CCCC2)=C1. The monoisotopic (exact) mass is 164 g/mol. The molecule has 4 heteroatoms. The Balaban J connectivity index is 2.09. The molecule has 1 heterocycles. The summed E-state index contributed by atoms with van der Waals surface area (Å²) in [6.07, 6.45) is 8.80. The molecule has 0 unspecified atom stereocenters. The van der Waals surface area contributed by atoms with E-state index in [0.717, 1.165) is 5.70 Å². The van der Waals surface area contributed by atoms with E-state index in [1.165, 1.54) is 25.7 Å². The normalized spacial score (nSPS) is 23.5. The van der Waals surface area contributed by atoms with Crippen LogP contribution in [0.2, 0.25) is 0 Å². The summed E-state index contributed by atoms with van der Waals surface area (Å²) in [6.45, 7) is 0. The van der Waals surface area contributed by atoms with Crippen LogP contribution < -0.4 is 5.53 Å². The maximum Gasteiger partial charge on any atom is 0.0695 e. The fourth-order valence-corrected chi connectivity index (χ4v) is 1.73. The van der Waals surface area contributed by atoms with Gasteiger partial charge in [-0.1, -0.05) is 18.1 Å². The van der Waals surface area contributed by atoms with Gasteiger partial charge in [0.1, 0.15) is 0 Å². The van der Waals surface area contributed by atoms with E-state index in [-0.39, 0.29) is 0 Å². The average molecular weight is 164 g/mol. The van der Waals surface area contributed by atoms with Gasteiger partial charge in [0.15, 0.2) is 0 Å². The number of hydrazone groups is 1.